The van der Waals surface area contributed by atoms with Gasteiger partial charge in [0.05, 0.1) is 0 Å². The lowest BCUT2D eigenvalue weighted by atomic mass is 9.34. The number of para-hydroxylation sites is 6. The van der Waals surface area contributed by atoms with Crippen LogP contribution in [0.15, 0.2) is 406 Å². The van der Waals surface area contributed by atoms with E-state index in [1.165, 1.54) is 122 Å². The van der Waals surface area contributed by atoms with E-state index in [4.69, 9.17) is 14.2 Å². The number of aryl methyl sites for hydroxylation is 1. The summed E-state index contributed by atoms with van der Waals surface area (Å²) in [6, 6.07) is 148. The molecule has 604 valence electrons. The molecule has 18 aromatic rings. The molecule has 0 bridgehead atoms. The topological polar surface area (TPSA) is 40.7 Å². The first-order valence-electron chi connectivity index (χ1n) is 44.3. The quantitative estimate of drug-likeness (QED) is 0.113. The molecule has 0 atom stereocenters. The van der Waals surface area contributed by atoms with Gasteiger partial charge in [-0.1, -0.05) is 278 Å². The van der Waals surface area contributed by atoms with E-state index in [1.54, 1.807) is 0 Å². The van der Waals surface area contributed by atoms with Crippen LogP contribution in [0.25, 0.3) is 55.6 Å². The predicted molar refractivity (Wildman–Crippen MR) is 529 cm³/mol. The molecule has 3 aliphatic carbocycles. The van der Waals surface area contributed by atoms with Crippen molar-refractivity contribution in [3.05, 3.63) is 445 Å². The molecule has 0 N–H and O–H groups in total. The molecule has 7 aliphatic rings. The summed E-state index contributed by atoms with van der Waals surface area (Å²) in [4.78, 5) is 9.50. The van der Waals surface area contributed by atoms with Gasteiger partial charge < -0.3 is 33.8 Å². The fourth-order valence-electron chi connectivity index (χ4n) is 21.7. The van der Waals surface area contributed by atoms with E-state index in [0.717, 1.165) is 108 Å². The van der Waals surface area contributed by atoms with E-state index in [9.17, 15) is 0 Å². The molecule has 9 heteroatoms. The zero-order chi connectivity index (χ0) is 85.1. The molecular formula is C118H88B2N4O3. The normalized spacial score (nSPS) is 14.1. The molecule has 0 unspecified atom stereocenters. The fourth-order valence-corrected chi connectivity index (χ4v) is 21.7. The van der Waals surface area contributed by atoms with E-state index < -0.39 is 0 Å². The van der Waals surface area contributed by atoms with Crippen LogP contribution in [0.1, 0.15) is 80.5 Å². The van der Waals surface area contributed by atoms with Crippen molar-refractivity contribution in [1.82, 2.24) is 0 Å². The van der Waals surface area contributed by atoms with Crippen molar-refractivity contribution in [2.45, 2.75) is 64.7 Å². The third kappa shape index (κ3) is 12.1. The summed E-state index contributed by atoms with van der Waals surface area (Å²) in [6.07, 6.45) is 0. The lowest BCUT2D eigenvalue weighted by Gasteiger charge is -2.40. The van der Waals surface area contributed by atoms with Gasteiger partial charge in [0.1, 0.15) is 34.5 Å². The predicted octanol–water partition coefficient (Wildman–Crippen LogP) is 27.5. The number of hydrogen-bond acceptors (Lipinski definition) is 7. The van der Waals surface area contributed by atoms with Crippen molar-refractivity contribution in [1.29, 1.82) is 0 Å². The monoisotopic (exact) mass is 1630 g/mol. The average Bonchev–Trinajstić information content (AvgIpc) is 1.65. The Bertz CT molecular complexity index is 7110. The van der Waals surface area contributed by atoms with Gasteiger partial charge in [0.15, 0.2) is 0 Å². The molecule has 0 radical (unpaired) electrons. The maximum absolute atomic E-state index is 7.07. The van der Waals surface area contributed by atoms with Crippen molar-refractivity contribution >= 4 is 114 Å². The minimum absolute atomic E-state index is 0.0273. The lowest BCUT2D eigenvalue weighted by molar-refractivity contribution is 0.463. The largest absolute Gasteiger partial charge is 0.458 e. The fraction of sp³-hybridized carbons (Fsp3) is 0.0847. The van der Waals surface area contributed by atoms with Crippen molar-refractivity contribution in [3.8, 4) is 90.1 Å². The molecule has 0 saturated carbocycles. The van der Waals surface area contributed by atoms with Gasteiger partial charge in [0.2, 0.25) is 0 Å². The van der Waals surface area contributed by atoms with Gasteiger partial charge >= 0.3 is 0 Å². The highest BCUT2D eigenvalue weighted by Crippen LogP contribution is 2.58. The molecule has 4 heterocycles. The van der Waals surface area contributed by atoms with Gasteiger partial charge in [-0.2, -0.15) is 0 Å². The summed E-state index contributed by atoms with van der Waals surface area (Å²) in [7, 11) is 0. The highest BCUT2D eigenvalue weighted by atomic mass is 16.5. The summed E-state index contributed by atoms with van der Waals surface area (Å²) in [5.41, 5.74) is 41.3. The first-order chi connectivity index (χ1) is 62.1. The lowest BCUT2D eigenvalue weighted by Crippen LogP contribution is -2.59. The Balaban J connectivity index is 0.000000142. The van der Waals surface area contributed by atoms with E-state index in [2.05, 4.69) is 475 Å². The van der Waals surface area contributed by atoms with Gasteiger partial charge in [0, 0.05) is 90.0 Å². The van der Waals surface area contributed by atoms with Crippen LogP contribution in [0.3, 0.4) is 0 Å². The molecule has 0 amide bonds. The van der Waals surface area contributed by atoms with Gasteiger partial charge in [-0.3, -0.25) is 0 Å². The first-order valence-corrected chi connectivity index (χ1v) is 44.3. The highest BCUT2D eigenvalue weighted by molar-refractivity contribution is 6.99. The summed E-state index contributed by atoms with van der Waals surface area (Å²) in [6.45, 7) is 16.3. The minimum Gasteiger partial charge on any atom is -0.458 e. The molecular weight excluding hydrogens is 1540 g/mol. The SMILES string of the molecule is CC1(C)c2cc(N(c3ccccc3)c3ccccc3)ccc2-c2cc3c(cc21)B1c2cc(-c4ccccc4)ccc2N(c2ccc(-c4ccccc4)cc2)c2cccc(c21)O3.Cc1cc2c3c(c1)Oc1cc4c(cc1B3c1cc3c(cc1O2)-c1ccc(N(c2ccccc2)c2ccccc2)cc1C3(C)C)C(C)(C)c1cc(N(c2ccccc2)c2ccccc2)ccc1-4. The Kier molecular flexibility index (Phi) is 17.3. The van der Waals surface area contributed by atoms with Crippen molar-refractivity contribution in [2.24, 2.45) is 0 Å². The zero-order valence-corrected chi connectivity index (χ0v) is 71.9. The van der Waals surface area contributed by atoms with Crippen molar-refractivity contribution in [3.63, 3.8) is 0 Å². The third-order valence-corrected chi connectivity index (χ3v) is 27.9. The molecule has 127 heavy (non-hydrogen) atoms. The molecule has 0 spiro atoms. The Morgan fingerprint density at radius 1 is 0.220 bits per heavy atom. The van der Waals surface area contributed by atoms with Crippen LogP contribution in [0, 0.1) is 6.92 Å². The second-order valence-electron chi connectivity index (χ2n) is 36.3. The van der Waals surface area contributed by atoms with Crippen LogP contribution in [0.5, 0.6) is 34.5 Å². The molecule has 18 aromatic carbocycles. The van der Waals surface area contributed by atoms with Crippen LogP contribution in [0.4, 0.5) is 68.2 Å². The minimum atomic E-state index is -0.272. The van der Waals surface area contributed by atoms with Crippen LogP contribution in [-0.2, 0) is 16.2 Å². The number of rotatable bonds is 12. The molecule has 4 aliphatic heterocycles. The van der Waals surface area contributed by atoms with Crippen LogP contribution in [-0.4, -0.2) is 13.4 Å². The van der Waals surface area contributed by atoms with E-state index in [1.807, 2.05) is 0 Å². The molecule has 0 fully saturated rings. The number of anilines is 12. The Morgan fingerprint density at radius 3 is 0.906 bits per heavy atom. The second-order valence-corrected chi connectivity index (χ2v) is 36.3. The zero-order valence-electron chi connectivity index (χ0n) is 71.9. The first kappa shape index (κ1) is 75.4. The van der Waals surface area contributed by atoms with Gasteiger partial charge in [-0.15, -0.1) is 0 Å². The smallest absolute Gasteiger partial charge is 0.260 e. The van der Waals surface area contributed by atoms with Crippen molar-refractivity contribution < 1.29 is 14.2 Å². The maximum atomic E-state index is 7.07. The standard InChI is InChI=1S/C61H47BN2O2.C57H41BN2O/c1-38-30-57-59-58(31-38)66-56-35-48-46-29-27-44(64(41-22-14-8-15-23-41)42-24-16-9-17-25-42)33-50(46)61(4,5)52(48)37-54(56)62(59)53-36-51-47(34-55(53)65-57)45-28-26-43(32-49(45)60(51,2)3)63(39-18-10-6-11-19-39)40-20-12-7-13-21-40;1-57(2)48-35-45(59(42-20-11-5-12-21-42)43-22-13-6-14-23-43)31-32-46(48)47-36-55-51(37-49(47)57)58-50-34-41(39-18-9-4-10-19-39)28-33-52(50)60(53-24-15-25-54(61-55)56(53)58)44-29-26-40(27-30-44)38-16-7-3-8-17-38/h6-37H,1-5H3;3-37H,1-2H3. The van der Waals surface area contributed by atoms with Crippen molar-refractivity contribution in [2.75, 3.05) is 19.6 Å². The highest BCUT2D eigenvalue weighted by Gasteiger charge is 2.49. The van der Waals surface area contributed by atoms with Gasteiger partial charge in [-0.25, -0.2) is 0 Å². The molecule has 25 rings (SSSR count). The third-order valence-electron chi connectivity index (χ3n) is 27.9. The summed E-state index contributed by atoms with van der Waals surface area (Å²) in [5.74, 6) is 5.40. The summed E-state index contributed by atoms with van der Waals surface area (Å²) >= 11 is 0. The number of benzene rings is 18. The number of nitrogens with zero attached hydrogens (tertiary/aromatic N) is 4. The summed E-state index contributed by atoms with van der Waals surface area (Å²) < 4.78 is 21.1. The number of hydrogen-bond donors (Lipinski definition) is 0. The average molecular weight is 1630 g/mol. The number of ether oxygens (including phenoxy) is 3. The molecule has 0 saturated heterocycles. The number of fused-ring (bicyclic) bond motifs is 17. The maximum Gasteiger partial charge on any atom is 0.260 e. The van der Waals surface area contributed by atoms with Crippen LogP contribution < -0.4 is 66.6 Å². The molecule has 0 aromatic heterocycles. The molecule has 7 nitrogen and oxygen atoms in total. The van der Waals surface area contributed by atoms with Crippen LogP contribution in [0.2, 0.25) is 0 Å². The van der Waals surface area contributed by atoms with Crippen LogP contribution >= 0.6 is 0 Å². The Labute approximate surface area is 743 Å². The van der Waals surface area contributed by atoms with E-state index in [0.29, 0.717) is 0 Å². The second kappa shape index (κ2) is 29.2. The van der Waals surface area contributed by atoms with E-state index >= 15 is 0 Å². The van der Waals surface area contributed by atoms with E-state index in [-0.39, 0.29) is 29.7 Å². The van der Waals surface area contributed by atoms with Gasteiger partial charge in [-0.05, 0) is 299 Å². The Morgan fingerprint density at radius 2 is 0.535 bits per heavy atom. The Hall–Kier alpha value is -15.3. The summed E-state index contributed by atoms with van der Waals surface area (Å²) in [5, 5.41) is 0. The van der Waals surface area contributed by atoms with Gasteiger partial charge in [0.25, 0.3) is 13.4 Å².